The minimum atomic E-state index is -1.33. The van der Waals surface area contributed by atoms with E-state index in [1.165, 1.54) is 18.2 Å². The third kappa shape index (κ3) is 3.32. The number of nitrogens with zero attached hydrogens (tertiary/aromatic N) is 3. The van der Waals surface area contributed by atoms with E-state index in [2.05, 4.69) is 4.84 Å². The van der Waals surface area contributed by atoms with E-state index < -0.39 is 32.7 Å². The van der Waals surface area contributed by atoms with E-state index in [0.29, 0.717) is 12.3 Å². The highest BCUT2D eigenvalue weighted by molar-refractivity contribution is 6.33. The molecule has 2 aromatic rings. The van der Waals surface area contributed by atoms with Crippen molar-refractivity contribution in [2.45, 2.75) is 0 Å². The molecule has 1 heterocycles. The van der Waals surface area contributed by atoms with Gasteiger partial charge in [0, 0.05) is 0 Å². The number of pyridine rings is 1. The molecule has 1 aromatic carbocycles. The predicted octanol–water partition coefficient (Wildman–Crippen LogP) is 1.59. The van der Waals surface area contributed by atoms with Crippen molar-refractivity contribution in [3.8, 4) is 0 Å². The van der Waals surface area contributed by atoms with Gasteiger partial charge in [-0.05, 0) is 12.1 Å². The normalized spacial score (nSPS) is 10.1. The average molecular weight is 340 g/mol. The third-order valence-electron chi connectivity index (χ3n) is 2.64. The predicted molar refractivity (Wildman–Crippen MR) is 76.4 cm³/mol. The first-order valence-electron chi connectivity index (χ1n) is 5.84. The fourth-order valence-corrected chi connectivity index (χ4v) is 1.81. The van der Waals surface area contributed by atoms with Crippen LogP contribution in [0.5, 0.6) is 0 Å². The van der Waals surface area contributed by atoms with Crippen molar-refractivity contribution in [3.63, 3.8) is 0 Å². The average Bonchev–Trinajstić information content (AvgIpc) is 2.49. The van der Waals surface area contributed by atoms with Crippen molar-refractivity contribution < 1.29 is 19.5 Å². The topological polar surface area (TPSA) is 135 Å². The molecule has 0 fully saturated rings. The summed E-state index contributed by atoms with van der Waals surface area (Å²) < 4.78 is 0.127. The number of aromatic nitrogens is 1. The van der Waals surface area contributed by atoms with Gasteiger partial charge in [0.05, 0.1) is 20.4 Å². The van der Waals surface area contributed by atoms with E-state index in [1.807, 2.05) is 0 Å². The molecule has 0 aliphatic rings. The summed E-state index contributed by atoms with van der Waals surface area (Å²) in [5, 5.41) is 21.5. The molecule has 11 heteroatoms. The van der Waals surface area contributed by atoms with Crippen molar-refractivity contribution in [2.75, 3.05) is 0 Å². The van der Waals surface area contributed by atoms with Gasteiger partial charge in [-0.1, -0.05) is 23.7 Å². The molecule has 0 amide bonds. The smallest absolute Gasteiger partial charge is 0.327 e. The second-order valence-electron chi connectivity index (χ2n) is 4.09. The molecule has 0 bridgehead atoms. The van der Waals surface area contributed by atoms with Crippen molar-refractivity contribution >= 4 is 28.9 Å². The largest absolute Gasteiger partial charge is 0.365 e. The second-order valence-corrected chi connectivity index (χ2v) is 4.49. The van der Waals surface area contributed by atoms with E-state index in [4.69, 9.17) is 11.6 Å². The fourth-order valence-electron chi connectivity index (χ4n) is 1.59. The zero-order valence-electron chi connectivity index (χ0n) is 11.0. The van der Waals surface area contributed by atoms with Crippen LogP contribution in [-0.4, -0.2) is 20.5 Å². The fraction of sp³-hybridized carbons (Fsp3) is 0. The van der Waals surface area contributed by atoms with E-state index >= 15 is 0 Å². The van der Waals surface area contributed by atoms with Gasteiger partial charge in [-0.15, -0.1) is 4.73 Å². The second kappa shape index (κ2) is 6.23. The summed E-state index contributed by atoms with van der Waals surface area (Å²) in [5.74, 6) is -1.10. The van der Waals surface area contributed by atoms with Gasteiger partial charge < -0.3 is 4.84 Å². The molecule has 0 saturated carbocycles. The first-order chi connectivity index (χ1) is 10.8. The van der Waals surface area contributed by atoms with Crippen LogP contribution in [0, 0.1) is 20.2 Å². The van der Waals surface area contributed by atoms with Crippen LogP contribution in [0.1, 0.15) is 10.4 Å². The minimum Gasteiger partial charge on any atom is -0.327 e. The summed E-state index contributed by atoms with van der Waals surface area (Å²) >= 11 is 5.78. The Bertz CT molecular complexity index is 877. The van der Waals surface area contributed by atoms with Crippen LogP contribution in [-0.2, 0) is 0 Å². The standard InChI is InChI=1S/C12H6ClN3O7/c13-9-4-2-1-3-8(9)12(18)23-14-6-7(15(19)20)5-10(11(14)17)16(21)22/h1-6H. The van der Waals surface area contributed by atoms with Crippen LogP contribution in [0.2, 0.25) is 5.02 Å². The lowest BCUT2D eigenvalue weighted by Gasteiger charge is -2.07. The molecule has 2 rings (SSSR count). The molecule has 23 heavy (non-hydrogen) atoms. The summed E-state index contributed by atoms with van der Waals surface area (Å²) in [6, 6.07) is 6.17. The van der Waals surface area contributed by atoms with Gasteiger partial charge in [0.15, 0.2) is 0 Å². The van der Waals surface area contributed by atoms with Crippen LogP contribution in [0.25, 0.3) is 0 Å². The zero-order valence-corrected chi connectivity index (χ0v) is 11.8. The van der Waals surface area contributed by atoms with Crippen molar-refractivity contribution in [1.82, 2.24) is 4.73 Å². The highest BCUT2D eigenvalue weighted by Gasteiger charge is 2.24. The summed E-state index contributed by atoms with van der Waals surface area (Å²) in [7, 11) is 0. The quantitative estimate of drug-likeness (QED) is 0.609. The summed E-state index contributed by atoms with van der Waals surface area (Å²) in [4.78, 5) is 47.9. The summed E-state index contributed by atoms with van der Waals surface area (Å²) in [6.45, 7) is 0. The summed E-state index contributed by atoms with van der Waals surface area (Å²) in [5.41, 5.74) is -3.34. The number of carbonyl (C=O) groups is 1. The first kappa shape index (κ1) is 16.1. The van der Waals surface area contributed by atoms with Gasteiger partial charge in [-0.2, -0.15) is 0 Å². The number of hydrogen-bond donors (Lipinski definition) is 0. The van der Waals surface area contributed by atoms with Crippen LogP contribution < -0.4 is 10.4 Å². The van der Waals surface area contributed by atoms with Gasteiger partial charge in [-0.3, -0.25) is 25.0 Å². The molecule has 1 aromatic heterocycles. The van der Waals surface area contributed by atoms with E-state index in [9.17, 15) is 29.8 Å². The maximum atomic E-state index is 11.9. The van der Waals surface area contributed by atoms with Crippen molar-refractivity contribution in [3.05, 3.63) is 77.7 Å². The Morgan fingerprint density at radius 3 is 2.39 bits per heavy atom. The lowest BCUT2D eigenvalue weighted by molar-refractivity contribution is -0.396. The highest BCUT2D eigenvalue weighted by atomic mass is 35.5. The lowest BCUT2D eigenvalue weighted by Crippen LogP contribution is -2.32. The molecular weight excluding hydrogens is 334 g/mol. The molecule has 0 aliphatic carbocycles. The van der Waals surface area contributed by atoms with Gasteiger partial charge in [0.2, 0.25) is 0 Å². The molecule has 0 unspecified atom stereocenters. The number of rotatable bonds is 4. The molecule has 0 atom stereocenters. The Kier molecular flexibility index (Phi) is 4.37. The molecule has 10 nitrogen and oxygen atoms in total. The number of carbonyl (C=O) groups excluding carboxylic acids is 1. The molecule has 0 aliphatic heterocycles. The molecule has 0 N–H and O–H groups in total. The van der Waals surface area contributed by atoms with Crippen LogP contribution in [0.4, 0.5) is 11.4 Å². The maximum Gasteiger partial charge on any atom is 0.365 e. The Labute approximate surface area is 131 Å². The van der Waals surface area contributed by atoms with Crippen LogP contribution in [0.3, 0.4) is 0 Å². The lowest BCUT2D eigenvalue weighted by atomic mass is 10.2. The number of nitro groups is 2. The Morgan fingerprint density at radius 1 is 1.17 bits per heavy atom. The summed E-state index contributed by atoms with van der Waals surface area (Å²) in [6.07, 6.45) is 0.560. The minimum absolute atomic E-state index is 0.0190. The van der Waals surface area contributed by atoms with E-state index in [-0.39, 0.29) is 15.3 Å². The number of benzene rings is 1. The van der Waals surface area contributed by atoms with Gasteiger partial charge >= 0.3 is 17.2 Å². The number of halogens is 1. The zero-order chi connectivity index (χ0) is 17.1. The van der Waals surface area contributed by atoms with Crippen LogP contribution in [0.15, 0.2) is 41.3 Å². The number of hydrogen-bond acceptors (Lipinski definition) is 7. The van der Waals surface area contributed by atoms with E-state index in [1.54, 1.807) is 6.07 Å². The monoisotopic (exact) mass is 339 g/mol. The maximum absolute atomic E-state index is 11.9. The van der Waals surface area contributed by atoms with Crippen molar-refractivity contribution in [1.29, 1.82) is 0 Å². The van der Waals surface area contributed by atoms with Gasteiger partial charge in [-0.25, -0.2) is 4.79 Å². The molecule has 0 radical (unpaired) electrons. The molecule has 0 saturated heterocycles. The first-order valence-corrected chi connectivity index (χ1v) is 6.21. The Morgan fingerprint density at radius 2 is 1.83 bits per heavy atom. The molecule has 0 spiro atoms. The molecular formula is C12H6ClN3O7. The van der Waals surface area contributed by atoms with Crippen molar-refractivity contribution in [2.24, 2.45) is 0 Å². The van der Waals surface area contributed by atoms with E-state index in [0.717, 1.165) is 0 Å². The third-order valence-corrected chi connectivity index (χ3v) is 2.97. The Balaban J connectivity index is 2.49. The Hall–Kier alpha value is -3.27. The molecule has 118 valence electrons. The SMILES string of the molecule is O=C(On1cc([N+](=O)[O-])cc([N+](=O)[O-])c1=O)c1ccccc1Cl. The van der Waals surface area contributed by atoms with Crippen LogP contribution >= 0.6 is 11.6 Å². The highest BCUT2D eigenvalue weighted by Crippen LogP contribution is 2.17. The van der Waals surface area contributed by atoms with Gasteiger partial charge in [0.1, 0.15) is 12.3 Å². The van der Waals surface area contributed by atoms with Gasteiger partial charge in [0.25, 0.3) is 5.69 Å².